The molecule has 1 heterocycles. The fourth-order valence-electron chi connectivity index (χ4n) is 3.51. The Hall–Kier alpha value is -2.57. The van der Waals surface area contributed by atoms with Crippen molar-refractivity contribution in [3.63, 3.8) is 0 Å². The maximum absolute atomic E-state index is 14.9. The summed E-state index contributed by atoms with van der Waals surface area (Å²) >= 11 is 0. The predicted molar refractivity (Wildman–Crippen MR) is 96.9 cm³/mol. The third kappa shape index (κ3) is 2.62. The largest absolute Gasteiger partial charge is 0.329 e. The SMILES string of the molecule is Cl.N[C@H]1CCc2cc(F)c(C(=O)c3cccc4c(=O)[nH]ccc34)c(F)c21. The van der Waals surface area contributed by atoms with Crippen molar-refractivity contribution in [2.45, 2.75) is 18.9 Å². The molecule has 4 rings (SSSR count). The van der Waals surface area contributed by atoms with Gasteiger partial charge in [-0.25, -0.2) is 8.78 Å². The average molecular weight is 377 g/mol. The van der Waals surface area contributed by atoms with Gasteiger partial charge in [0, 0.05) is 28.8 Å². The highest BCUT2D eigenvalue weighted by atomic mass is 35.5. The van der Waals surface area contributed by atoms with Crippen molar-refractivity contribution in [3.05, 3.63) is 80.8 Å². The molecule has 0 unspecified atom stereocenters. The van der Waals surface area contributed by atoms with Crippen LogP contribution >= 0.6 is 12.4 Å². The van der Waals surface area contributed by atoms with Crippen LogP contribution in [0, 0.1) is 11.6 Å². The molecule has 134 valence electrons. The summed E-state index contributed by atoms with van der Waals surface area (Å²) in [5.74, 6) is -2.60. The molecule has 0 spiro atoms. The third-order valence-electron chi connectivity index (χ3n) is 4.72. The van der Waals surface area contributed by atoms with Crippen molar-refractivity contribution in [3.8, 4) is 0 Å². The quantitative estimate of drug-likeness (QED) is 0.673. The first-order valence-electron chi connectivity index (χ1n) is 7.90. The number of aromatic amines is 1. The lowest BCUT2D eigenvalue weighted by Crippen LogP contribution is -2.15. The van der Waals surface area contributed by atoms with Crippen LogP contribution in [0.3, 0.4) is 0 Å². The summed E-state index contributed by atoms with van der Waals surface area (Å²) in [6.07, 6.45) is 2.40. The summed E-state index contributed by atoms with van der Waals surface area (Å²) in [5.41, 5.74) is 5.70. The van der Waals surface area contributed by atoms with Crippen molar-refractivity contribution in [2.75, 3.05) is 0 Å². The topological polar surface area (TPSA) is 76.0 Å². The molecule has 3 N–H and O–H groups in total. The molecule has 0 saturated heterocycles. The fraction of sp³-hybridized carbons (Fsp3) is 0.158. The van der Waals surface area contributed by atoms with Crippen LogP contribution in [0.15, 0.2) is 41.3 Å². The van der Waals surface area contributed by atoms with Crippen LogP contribution in [-0.2, 0) is 6.42 Å². The molecule has 0 fully saturated rings. The Morgan fingerprint density at radius 2 is 1.96 bits per heavy atom. The van der Waals surface area contributed by atoms with Gasteiger partial charge in [-0.3, -0.25) is 9.59 Å². The second-order valence-corrected chi connectivity index (χ2v) is 6.17. The Labute approximate surface area is 153 Å². The molecule has 2 aromatic carbocycles. The van der Waals surface area contributed by atoms with Crippen molar-refractivity contribution in [1.29, 1.82) is 0 Å². The molecule has 1 aliphatic carbocycles. The molecule has 3 aromatic rings. The molecule has 1 aromatic heterocycles. The maximum atomic E-state index is 14.9. The molecule has 1 atom stereocenters. The van der Waals surface area contributed by atoms with Crippen LogP contribution < -0.4 is 11.3 Å². The van der Waals surface area contributed by atoms with E-state index in [1.54, 1.807) is 12.1 Å². The number of hydrogen-bond donors (Lipinski definition) is 2. The van der Waals surface area contributed by atoms with Crippen LogP contribution in [0.25, 0.3) is 10.8 Å². The minimum absolute atomic E-state index is 0. The number of carbonyl (C=O) groups is 1. The fourth-order valence-corrected chi connectivity index (χ4v) is 3.51. The zero-order chi connectivity index (χ0) is 17.7. The van der Waals surface area contributed by atoms with Gasteiger partial charge in [0.25, 0.3) is 5.56 Å². The number of halogens is 3. The average Bonchev–Trinajstić information content (AvgIpc) is 2.95. The number of carbonyl (C=O) groups excluding carboxylic acids is 1. The van der Waals surface area contributed by atoms with E-state index in [0.29, 0.717) is 23.8 Å². The lowest BCUT2D eigenvalue weighted by Gasteiger charge is -2.12. The Kier molecular flexibility index (Phi) is 4.64. The van der Waals surface area contributed by atoms with E-state index in [2.05, 4.69) is 4.98 Å². The molecule has 4 nitrogen and oxygen atoms in total. The van der Waals surface area contributed by atoms with E-state index >= 15 is 0 Å². The zero-order valence-corrected chi connectivity index (χ0v) is 14.3. The Bertz CT molecular complexity index is 1090. The predicted octanol–water partition coefficient (Wildman–Crippen LogP) is 3.41. The van der Waals surface area contributed by atoms with Gasteiger partial charge in [0.1, 0.15) is 11.6 Å². The normalized spacial score (nSPS) is 15.6. The second-order valence-electron chi connectivity index (χ2n) is 6.17. The number of nitrogens with two attached hydrogens (primary N) is 1. The minimum atomic E-state index is -0.905. The lowest BCUT2D eigenvalue weighted by molar-refractivity contribution is 0.103. The molecule has 26 heavy (non-hydrogen) atoms. The number of benzene rings is 2. The highest BCUT2D eigenvalue weighted by molar-refractivity contribution is 6.16. The van der Waals surface area contributed by atoms with Crippen molar-refractivity contribution in [2.24, 2.45) is 5.73 Å². The number of aryl methyl sites for hydroxylation is 1. The van der Waals surface area contributed by atoms with Crippen molar-refractivity contribution in [1.82, 2.24) is 4.98 Å². The third-order valence-corrected chi connectivity index (χ3v) is 4.72. The van der Waals surface area contributed by atoms with Gasteiger partial charge < -0.3 is 10.7 Å². The number of pyridine rings is 1. The number of nitrogens with one attached hydrogen (secondary N) is 1. The maximum Gasteiger partial charge on any atom is 0.255 e. The standard InChI is InChI=1S/C19H14F2N2O2.ClH/c20-13-8-9-4-5-14(22)15(9)17(21)16(13)18(24)11-2-1-3-12-10(11)6-7-23-19(12)25;/h1-3,6-8,14H,4-5,22H2,(H,23,25);1H/t14-;/m0./s1. The van der Waals surface area contributed by atoms with Crippen LogP contribution in [0.4, 0.5) is 8.78 Å². The molecule has 1 aliphatic rings. The van der Waals surface area contributed by atoms with E-state index < -0.39 is 29.0 Å². The summed E-state index contributed by atoms with van der Waals surface area (Å²) in [7, 11) is 0. The number of rotatable bonds is 2. The molecular formula is C19H15ClF2N2O2. The van der Waals surface area contributed by atoms with Gasteiger partial charge in [-0.15, -0.1) is 12.4 Å². The zero-order valence-electron chi connectivity index (χ0n) is 13.5. The first kappa shape index (κ1) is 18.2. The van der Waals surface area contributed by atoms with Crippen molar-refractivity contribution < 1.29 is 13.6 Å². The molecule has 0 amide bonds. The second kappa shape index (κ2) is 6.63. The van der Waals surface area contributed by atoms with E-state index in [1.165, 1.54) is 24.4 Å². The van der Waals surface area contributed by atoms with E-state index in [0.717, 1.165) is 0 Å². The van der Waals surface area contributed by atoms with Gasteiger partial charge in [0.05, 0.1) is 5.56 Å². The van der Waals surface area contributed by atoms with E-state index in [1.807, 2.05) is 0 Å². The monoisotopic (exact) mass is 376 g/mol. The molecule has 0 radical (unpaired) electrons. The number of ketones is 1. The summed E-state index contributed by atoms with van der Waals surface area (Å²) < 4.78 is 29.4. The van der Waals surface area contributed by atoms with Crippen LogP contribution in [0.2, 0.25) is 0 Å². The van der Waals surface area contributed by atoms with Crippen LogP contribution in [0.5, 0.6) is 0 Å². The van der Waals surface area contributed by atoms with Gasteiger partial charge in [-0.1, -0.05) is 12.1 Å². The Morgan fingerprint density at radius 1 is 1.19 bits per heavy atom. The highest BCUT2D eigenvalue weighted by Gasteiger charge is 2.30. The summed E-state index contributed by atoms with van der Waals surface area (Å²) in [6, 6.07) is 6.71. The number of H-pyrrole nitrogens is 1. The van der Waals surface area contributed by atoms with E-state index in [4.69, 9.17) is 5.73 Å². The van der Waals surface area contributed by atoms with E-state index in [9.17, 15) is 18.4 Å². The van der Waals surface area contributed by atoms with Crippen LogP contribution in [-0.4, -0.2) is 10.8 Å². The van der Waals surface area contributed by atoms with Gasteiger partial charge in [0.15, 0.2) is 5.78 Å². The lowest BCUT2D eigenvalue weighted by atomic mass is 9.94. The number of fused-ring (bicyclic) bond motifs is 2. The van der Waals surface area contributed by atoms with Gasteiger partial charge in [-0.05, 0) is 42.0 Å². The Morgan fingerprint density at radius 3 is 2.73 bits per heavy atom. The summed E-state index contributed by atoms with van der Waals surface area (Å²) in [6.45, 7) is 0. The first-order chi connectivity index (χ1) is 12.0. The molecule has 0 bridgehead atoms. The van der Waals surface area contributed by atoms with E-state index in [-0.39, 0.29) is 34.5 Å². The highest BCUT2D eigenvalue weighted by Crippen LogP contribution is 2.35. The first-order valence-corrected chi connectivity index (χ1v) is 7.90. The molecule has 0 saturated carbocycles. The molecule has 0 aliphatic heterocycles. The van der Waals surface area contributed by atoms with Gasteiger partial charge in [-0.2, -0.15) is 0 Å². The van der Waals surface area contributed by atoms with Gasteiger partial charge in [0.2, 0.25) is 0 Å². The minimum Gasteiger partial charge on any atom is -0.329 e. The molecule has 7 heteroatoms. The Balaban J connectivity index is 0.00000196. The molecular weight excluding hydrogens is 362 g/mol. The smallest absolute Gasteiger partial charge is 0.255 e. The summed E-state index contributed by atoms with van der Waals surface area (Å²) in [5, 5.41) is 0.631. The number of hydrogen-bond acceptors (Lipinski definition) is 3. The number of aromatic nitrogens is 1. The van der Waals surface area contributed by atoms with Gasteiger partial charge >= 0.3 is 0 Å². The van der Waals surface area contributed by atoms with Crippen molar-refractivity contribution >= 4 is 29.0 Å². The summed E-state index contributed by atoms with van der Waals surface area (Å²) in [4.78, 5) is 27.3. The van der Waals surface area contributed by atoms with Crippen LogP contribution in [0.1, 0.15) is 39.5 Å².